The van der Waals surface area contributed by atoms with Gasteiger partial charge < -0.3 is 15.5 Å². The average molecular weight is 527 g/mol. The van der Waals surface area contributed by atoms with Crippen LogP contribution in [0.25, 0.3) is 0 Å². The summed E-state index contributed by atoms with van der Waals surface area (Å²) in [5.74, 6) is 1.66. The molecule has 1 aliphatic heterocycles. The number of aryl methyl sites for hydroxylation is 1. The molecule has 6 heteroatoms. The molecule has 0 bridgehead atoms. The number of carbonyl (C=O) groups is 1. The number of hydrogen-bond acceptors (Lipinski definition) is 2. The zero-order valence-corrected chi connectivity index (χ0v) is 21.2. The number of nitrogens with zero attached hydrogens (tertiary/aromatic N) is 2. The number of nitrogens with one attached hydrogen (secondary N) is 2. The molecule has 5 nitrogen and oxygen atoms in total. The minimum atomic E-state index is 0. The summed E-state index contributed by atoms with van der Waals surface area (Å²) in [5.41, 5.74) is 3.12. The third-order valence-electron chi connectivity index (χ3n) is 6.99. The minimum absolute atomic E-state index is 0. The molecule has 2 aliphatic rings. The molecule has 1 aliphatic carbocycles. The van der Waals surface area contributed by atoms with Crippen molar-refractivity contribution in [1.82, 2.24) is 15.5 Å². The normalized spacial score (nSPS) is 19.7. The van der Waals surface area contributed by atoms with Gasteiger partial charge >= 0.3 is 0 Å². The standard InChI is InChI=1S/C24H38N4O.HI/c1-19-9-5-6-10-21(19)24(13-7-4-8-14-24)18-27-23(26-3)28-15-11-20(12-16-28)17-22(29)25-2;/h5-6,9-10,20H,4,7-8,11-18H2,1-3H3,(H,25,29)(H,26,27);1H. The summed E-state index contributed by atoms with van der Waals surface area (Å²) in [6.45, 7) is 5.14. The highest BCUT2D eigenvalue weighted by molar-refractivity contribution is 14.0. The molecule has 30 heavy (non-hydrogen) atoms. The second-order valence-electron chi connectivity index (χ2n) is 8.86. The van der Waals surface area contributed by atoms with Gasteiger partial charge in [0.25, 0.3) is 0 Å². The van der Waals surface area contributed by atoms with Gasteiger partial charge in [0, 0.05) is 45.6 Å². The molecule has 0 spiro atoms. The van der Waals surface area contributed by atoms with E-state index in [4.69, 9.17) is 0 Å². The quantitative estimate of drug-likeness (QED) is 0.343. The second kappa shape index (κ2) is 11.9. The van der Waals surface area contributed by atoms with Crippen molar-refractivity contribution in [2.75, 3.05) is 33.7 Å². The van der Waals surface area contributed by atoms with Crippen molar-refractivity contribution in [3.63, 3.8) is 0 Å². The van der Waals surface area contributed by atoms with Crippen molar-refractivity contribution in [2.45, 2.75) is 63.7 Å². The molecule has 1 heterocycles. The van der Waals surface area contributed by atoms with Crippen LogP contribution in [0.1, 0.15) is 62.5 Å². The number of piperidine rings is 1. The molecule has 1 saturated heterocycles. The predicted molar refractivity (Wildman–Crippen MR) is 136 cm³/mol. The third-order valence-corrected chi connectivity index (χ3v) is 6.99. The molecule has 0 radical (unpaired) electrons. The van der Waals surface area contributed by atoms with Crippen molar-refractivity contribution < 1.29 is 4.79 Å². The molecule has 1 amide bonds. The van der Waals surface area contributed by atoms with Gasteiger partial charge in [-0.3, -0.25) is 9.79 Å². The molecule has 0 aromatic heterocycles. The zero-order chi connectivity index (χ0) is 20.7. The van der Waals surface area contributed by atoms with Crippen LogP contribution in [0.3, 0.4) is 0 Å². The van der Waals surface area contributed by atoms with E-state index < -0.39 is 0 Å². The van der Waals surface area contributed by atoms with E-state index in [2.05, 4.69) is 51.7 Å². The number of halogens is 1. The van der Waals surface area contributed by atoms with Crippen LogP contribution >= 0.6 is 24.0 Å². The molecule has 0 unspecified atom stereocenters. The molecular weight excluding hydrogens is 487 g/mol. The van der Waals surface area contributed by atoms with Crippen molar-refractivity contribution in [1.29, 1.82) is 0 Å². The number of guanidine groups is 1. The van der Waals surface area contributed by atoms with Crippen LogP contribution in [0.5, 0.6) is 0 Å². The first-order chi connectivity index (χ1) is 14.1. The first-order valence-electron chi connectivity index (χ1n) is 11.3. The molecule has 1 aromatic rings. The Balaban J connectivity index is 0.00000320. The summed E-state index contributed by atoms with van der Waals surface area (Å²) in [6, 6.07) is 8.91. The number of benzene rings is 1. The Hall–Kier alpha value is -1.31. The van der Waals surface area contributed by atoms with E-state index in [-0.39, 0.29) is 35.3 Å². The van der Waals surface area contributed by atoms with Gasteiger partial charge in [0.15, 0.2) is 5.96 Å². The van der Waals surface area contributed by atoms with E-state index >= 15 is 0 Å². The first-order valence-corrected chi connectivity index (χ1v) is 11.3. The Labute approximate surface area is 199 Å². The number of aliphatic imine (C=N–C) groups is 1. The molecule has 2 N–H and O–H groups in total. The van der Waals surface area contributed by atoms with Crippen molar-refractivity contribution in [3.05, 3.63) is 35.4 Å². The van der Waals surface area contributed by atoms with Crippen LogP contribution in [0.15, 0.2) is 29.3 Å². The lowest BCUT2D eigenvalue weighted by Gasteiger charge is -2.41. The molecule has 3 rings (SSSR count). The molecule has 1 aromatic carbocycles. The lowest BCUT2D eigenvalue weighted by Crippen LogP contribution is -2.50. The number of carbonyl (C=O) groups excluding carboxylic acids is 1. The van der Waals surface area contributed by atoms with Gasteiger partial charge in [-0.15, -0.1) is 24.0 Å². The number of amides is 1. The Morgan fingerprint density at radius 1 is 1.17 bits per heavy atom. The Kier molecular flexibility index (Phi) is 9.91. The largest absolute Gasteiger partial charge is 0.359 e. The van der Waals surface area contributed by atoms with E-state index in [0.717, 1.165) is 38.4 Å². The molecule has 2 fully saturated rings. The predicted octanol–water partition coefficient (Wildman–Crippen LogP) is 4.24. The number of likely N-dealkylation sites (tertiary alicyclic amines) is 1. The van der Waals surface area contributed by atoms with Gasteiger partial charge in [0.2, 0.25) is 5.91 Å². The van der Waals surface area contributed by atoms with E-state index in [0.29, 0.717) is 12.3 Å². The van der Waals surface area contributed by atoms with E-state index in [1.165, 1.54) is 43.2 Å². The number of rotatable bonds is 5. The monoisotopic (exact) mass is 526 g/mol. The van der Waals surface area contributed by atoms with Gasteiger partial charge in [-0.25, -0.2) is 0 Å². The van der Waals surface area contributed by atoms with Gasteiger partial charge in [-0.05, 0) is 49.7 Å². The number of hydrogen-bond donors (Lipinski definition) is 2. The van der Waals surface area contributed by atoms with Crippen LogP contribution < -0.4 is 10.6 Å². The fourth-order valence-electron chi connectivity index (χ4n) is 5.23. The summed E-state index contributed by atoms with van der Waals surface area (Å²) in [6.07, 6.45) is 9.20. The highest BCUT2D eigenvalue weighted by Gasteiger charge is 2.35. The average Bonchev–Trinajstić information content (AvgIpc) is 2.76. The van der Waals surface area contributed by atoms with Gasteiger partial charge in [0.1, 0.15) is 0 Å². The highest BCUT2D eigenvalue weighted by atomic mass is 127. The van der Waals surface area contributed by atoms with Crippen LogP contribution in [0.2, 0.25) is 0 Å². The molecular formula is C24H39IN4O. The van der Waals surface area contributed by atoms with Crippen molar-refractivity contribution >= 4 is 35.8 Å². The third kappa shape index (κ3) is 6.11. The van der Waals surface area contributed by atoms with Crippen molar-refractivity contribution in [3.8, 4) is 0 Å². The van der Waals surface area contributed by atoms with Gasteiger partial charge in [0.05, 0.1) is 0 Å². The zero-order valence-electron chi connectivity index (χ0n) is 18.9. The lowest BCUT2D eigenvalue weighted by atomic mass is 9.68. The lowest BCUT2D eigenvalue weighted by molar-refractivity contribution is -0.121. The Morgan fingerprint density at radius 2 is 1.83 bits per heavy atom. The Bertz CT molecular complexity index is 707. The summed E-state index contributed by atoms with van der Waals surface area (Å²) in [5, 5.41) is 6.49. The summed E-state index contributed by atoms with van der Waals surface area (Å²) in [4.78, 5) is 18.6. The van der Waals surface area contributed by atoms with Crippen LogP contribution in [0, 0.1) is 12.8 Å². The van der Waals surface area contributed by atoms with Crippen LogP contribution in [-0.4, -0.2) is 50.5 Å². The fourth-order valence-corrected chi connectivity index (χ4v) is 5.23. The van der Waals surface area contributed by atoms with E-state index in [1.807, 2.05) is 7.05 Å². The maximum atomic E-state index is 11.7. The topological polar surface area (TPSA) is 56.7 Å². The second-order valence-corrected chi connectivity index (χ2v) is 8.86. The SMILES string of the molecule is CN=C(NCC1(c2ccccc2C)CCCCC1)N1CCC(CC(=O)NC)CC1.I. The molecule has 1 saturated carbocycles. The van der Waals surface area contributed by atoms with Gasteiger partial charge in [-0.1, -0.05) is 43.5 Å². The highest BCUT2D eigenvalue weighted by Crippen LogP contribution is 2.40. The fraction of sp³-hybridized carbons (Fsp3) is 0.667. The van der Waals surface area contributed by atoms with E-state index in [9.17, 15) is 4.79 Å². The van der Waals surface area contributed by atoms with E-state index in [1.54, 1.807) is 7.05 Å². The first kappa shape index (κ1) is 25.0. The minimum Gasteiger partial charge on any atom is -0.359 e. The maximum absolute atomic E-state index is 11.7. The van der Waals surface area contributed by atoms with Gasteiger partial charge in [-0.2, -0.15) is 0 Å². The summed E-state index contributed by atoms with van der Waals surface area (Å²) < 4.78 is 0. The Morgan fingerprint density at radius 3 is 2.43 bits per heavy atom. The van der Waals surface area contributed by atoms with Crippen LogP contribution in [-0.2, 0) is 10.2 Å². The maximum Gasteiger partial charge on any atom is 0.220 e. The van der Waals surface area contributed by atoms with Crippen LogP contribution in [0.4, 0.5) is 0 Å². The summed E-state index contributed by atoms with van der Waals surface area (Å²) in [7, 11) is 3.61. The molecule has 0 atom stereocenters. The van der Waals surface area contributed by atoms with Crippen molar-refractivity contribution in [2.24, 2.45) is 10.9 Å². The smallest absolute Gasteiger partial charge is 0.220 e. The summed E-state index contributed by atoms with van der Waals surface area (Å²) >= 11 is 0. The molecule has 168 valence electrons.